The maximum atomic E-state index is 5.66. The van der Waals surface area contributed by atoms with Crippen molar-refractivity contribution in [3.63, 3.8) is 0 Å². The van der Waals surface area contributed by atoms with Gasteiger partial charge in [0, 0.05) is 12.0 Å². The lowest BCUT2D eigenvalue weighted by atomic mass is 10.2. The van der Waals surface area contributed by atoms with E-state index in [1.54, 1.807) is 0 Å². The van der Waals surface area contributed by atoms with Crippen LogP contribution in [0.3, 0.4) is 0 Å². The van der Waals surface area contributed by atoms with Crippen LogP contribution >= 0.6 is 0 Å². The molecule has 0 N–H and O–H groups in total. The predicted octanol–water partition coefficient (Wildman–Crippen LogP) is 4.41. The summed E-state index contributed by atoms with van der Waals surface area (Å²) in [6, 6.07) is 8.03. The molecule has 0 aliphatic carbocycles. The van der Waals surface area contributed by atoms with Crippen molar-refractivity contribution >= 4 is 0 Å². The van der Waals surface area contributed by atoms with Gasteiger partial charge in [-0.05, 0) is 30.7 Å². The predicted molar refractivity (Wildman–Crippen MR) is 73.2 cm³/mol. The summed E-state index contributed by atoms with van der Waals surface area (Å²) in [5, 5.41) is 0. The largest absolute Gasteiger partial charge is 0.494 e. The van der Waals surface area contributed by atoms with Crippen LogP contribution in [0.5, 0.6) is 5.75 Å². The van der Waals surface area contributed by atoms with E-state index in [1.807, 2.05) is 24.3 Å². The average Bonchev–Trinajstić information content (AvgIpc) is 2.37. The molecule has 1 heteroatoms. The zero-order chi connectivity index (χ0) is 12.3. The molecule has 0 radical (unpaired) electrons. The third-order valence-electron chi connectivity index (χ3n) is 2.53. The highest BCUT2D eigenvalue weighted by atomic mass is 16.5. The van der Waals surface area contributed by atoms with Crippen molar-refractivity contribution in [2.45, 2.75) is 46.0 Å². The Balaban J connectivity index is 2.30. The molecule has 17 heavy (non-hydrogen) atoms. The van der Waals surface area contributed by atoms with Gasteiger partial charge in [-0.1, -0.05) is 45.0 Å². The molecule has 0 bridgehead atoms. The first-order valence-corrected chi connectivity index (χ1v) is 6.58. The molecule has 1 nitrogen and oxygen atoms in total. The summed E-state index contributed by atoms with van der Waals surface area (Å²) >= 11 is 0. The van der Waals surface area contributed by atoms with Gasteiger partial charge in [0.05, 0.1) is 6.61 Å². The van der Waals surface area contributed by atoms with E-state index in [1.165, 1.54) is 19.3 Å². The monoisotopic (exact) mass is 230 g/mol. The number of hydrogen-bond donors (Lipinski definition) is 0. The minimum Gasteiger partial charge on any atom is -0.494 e. The molecule has 0 saturated carbocycles. The van der Waals surface area contributed by atoms with Gasteiger partial charge in [-0.3, -0.25) is 0 Å². The van der Waals surface area contributed by atoms with Gasteiger partial charge in [-0.2, -0.15) is 0 Å². The van der Waals surface area contributed by atoms with Gasteiger partial charge in [-0.25, -0.2) is 0 Å². The van der Waals surface area contributed by atoms with Crippen molar-refractivity contribution in [1.82, 2.24) is 0 Å². The molecule has 1 aromatic rings. The minimum absolute atomic E-state index is 0.819. The highest BCUT2D eigenvalue weighted by Gasteiger charge is 1.94. The average molecular weight is 230 g/mol. The van der Waals surface area contributed by atoms with Crippen molar-refractivity contribution in [2.24, 2.45) is 0 Å². The van der Waals surface area contributed by atoms with E-state index in [0.717, 1.165) is 30.8 Å². The maximum absolute atomic E-state index is 5.66. The third kappa shape index (κ3) is 6.02. The maximum Gasteiger partial charge on any atom is 0.119 e. The Morgan fingerprint density at radius 2 is 1.76 bits per heavy atom. The van der Waals surface area contributed by atoms with Gasteiger partial charge in [0.15, 0.2) is 0 Å². The van der Waals surface area contributed by atoms with E-state index in [9.17, 15) is 0 Å². The number of hydrogen-bond acceptors (Lipinski definition) is 1. The van der Waals surface area contributed by atoms with Crippen molar-refractivity contribution in [2.75, 3.05) is 6.61 Å². The Bertz CT molecular complexity index is 353. The Morgan fingerprint density at radius 3 is 2.41 bits per heavy atom. The van der Waals surface area contributed by atoms with Crippen molar-refractivity contribution < 1.29 is 4.74 Å². The summed E-state index contributed by atoms with van der Waals surface area (Å²) in [7, 11) is 0. The highest BCUT2D eigenvalue weighted by Crippen LogP contribution is 2.12. The second kappa shape index (κ2) is 8.70. The quantitative estimate of drug-likeness (QED) is 0.519. The number of benzene rings is 1. The molecular formula is C16H22O. The molecule has 1 aromatic carbocycles. The Labute approximate surface area is 105 Å². The van der Waals surface area contributed by atoms with Gasteiger partial charge in [0.25, 0.3) is 0 Å². The summed E-state index contributed by atoms with van der Waals surface area (Å²) in [4.78, 5) is 0. The van der Waals surface area contributed by atoms with Gasteiger partial charge in [-0.15, -0.1) is 0 Å². The summed E-state index contributed by atoms with van der Waals surface area (Å²) in [6.45, 7) is 5.09. The third-order valence-corrected chi connectivity index (χ3v) is 2.53. The van der Waals surface area contributed by atoms with Crippen LogP contribution in [-0.2, 0) is 0 Å². The molecule has 0 heterocycles. The van der Waals surface area contributed by atoms with Crippen molar-refractivity contribution in [3.05, 3.63) is 29.8 Å². The summed E-state index contributed by atoms with van der Waals surface area (Å²) < 4.78 is 5.66. The molecule has 0 amide bonds. The van der Waals surface area contributed by atoms with Crippen LogP contribution in [0.2, 0.25) is 0 Å². The van der Waals surface area contributed by atoms with E-state index in [2.05, 4.69) is 25.7 Å². The first kappa shape index (κ1) is 13.6. The molecule has 0 aromatic heterocycles. The van der Waals surface area contributed by atoms with Crippen molar-refractivity contribution in [3.8, 4) is 17.6 Å². The molecular weight excluding hydrogens is 208 g/mol. The molecule has 92 valence electrons. The van der Waals surface area contributed by atoms with E-state index >= 15 is 0 Å². The topological polar surface area (TPSA) is 9.23 Å². The minimum atomic E-state index is 0.819. The number of rotatable bonds is 6. The Kier molecular flexibility index (Phi) is 6.98. The summed E-state index contributed by atoms with van der Waals surface area (Å²) in [5.74, 6) is 7.11. The molecule has 0 aliphatic rings. The van der Waals surface area contributed by atoms with Gasteiger partial charge in [0.2, 0.25) is 0 Å². The first-order valence-electron chi connectivity index (χ1n) is 6.58. The zero-order valence-electron chi connectivity index (χ0n) is 11.0. The number of unbranched alkanes of at least 4 members (excludes halogenated alkanes) is 3. The lowest BCUT2D eigenvalue weighted by Gasteiger charge is -2.05. The summed E-state index contributed by atoms with van der Waals surface area (Å²) in [5.41, 5.74) is 1.06. The van der Waals surface area contributed by atoms with E-state index in [4.69, 9.17) is 4.74 Å². The van der Waals surface area contributed by atoms with Crippen LogP contribution in [0, 0.1) is 11.8 Å². The molecule has 1 rings (SSSR count). The van der Waals surface area contributed by atoms with Crippen LogP contribution in [0.1, 0.15) is 51.5 Å². The lowest BCUT2D eigenvalue weighted by molar-refractivity contribution is 0.305. The fourth-order valence-electron chi connectivity index (χ4n) is 1.54. The zero-order valence-corrected chi connectivity index (χ0v) is 11.0. The Morgan fingerprint density at radius 1 is 1.00 bits per heavy atom. The smallest absolute Gasteiger partial charge is 0.119 e. The molecule has 0 atom stereocenters. The second-order valence-electron chi connectivity index (χ2n) is 4.09. The first-order chi connectivity index (χ1) is 8.36. The lowest BCUT2D eigenvalue weighted by Crippen LogP contribution is -1.96. The second-order valence-corrected chi connectivity index (χ2v) is 4.09. The summed E-state index contributed by atoms with van der Waals surface area (Å²) in [6.07, 6.45) is 5.87. The normalized spacial score (nSPS) is 9.53. The van der Waals surface area contributed by atoms with Crippen LogP contribution in [-0.4, -0.2) is 6.61 Å². The molecule has 0 spiro atoms. The van der Waals surface area contributed by atoms with Crippen LogP contribution in [0.4, 0.5) is 0 Å². The van der Waals surface area contributed by atoms with Crippen LogP contribution < -0.4 is 4.74 Å². The van der Waals surface area contributed by atoms with Crippen LogP contribution in [0.15, 0.2) is 24.3 Å². The van der Waals surface area contributed by atoms with Crippen molar-refractivity contribution in [1.29, 1.82) is 0 Å². The molecule has 0 saturated heterocycles. The highest BCUT2D eigenvalue weighted by molar-refractivity contribution is 5.38. The van der Waals surface area contributed by atoms with Gasteiger partial charge < -0.3 is 4.74 Å². The standard InChI is InChI=1S/C16H22O/c1-3-5-7-8-14-17-16-12-10-15(11-13-16)9-6-4-2/h10-13H,3-5,7-8,14H2,1-2H3. The van der Waals surface area contributed by atoms with E-state index in [-0.39, 0.29) is 0 Å². The fourth-order valence-corrected chi connectivity index (χ4v) is 1.54. The van der Waals surface area contributed by atoms with Gasteiger partial charge >= 0.3 is 0 Å². The van der Waals surface area contributed by atoms with E-state index < -0.39 is 0 Å². The number of ether oxygens (including phenoxy) is 1. The van der Waals surface area contributed by atoms with Gasteiger partial charge in [0.1, 0.15) is 5.75 Å². The van der Waals surface area contributed by atoms with Crippen LogP contribution in [0.25, 0.3) is 0 Å². The SMILES string of the molecule is CCC#Cc1ccc(OCCCCCC)cc1. The molecule has 0 fully saturated rings. The molecule has 0 unspecified atom stereocenters. The molecule has 0 aliphatic heterocycles. The van der Waals surface area contributed by atoms with E-state index in [0.29, 0.717) is 0 Å². The fraction of sp³-hybridized carbons (Fsp3) is 0.500. The Hall–Kier alpha value is -1.42.